The fourth-order valence-corrected chi connectivity index (χ4v) is 10.3. The molecule has 0 unspecified atom stereocenters. The number of hydrogen-bond acceptors (Lipinski definition) is 11. The Morgan fingerprint density at radius 3 is 1.84 bits per heavy atom. The van der Waals surface area contributed by atoms with Crippen molar-refractivity contribution in [2.24, 2.45) is 0 Å². The molecule has 0 saturated carbocycles. The summed E-state index contributed by atoms with van der Waals surface area (Å²) in [4.78, 5) is 12.6. The van der Waals surface area contributed by atoms with Gasteiger partial charge in [0.05, 0.1) is 25.3 Å². The molecule has 2 aliphatic rings. The molecule has 6 rings (SSSR count). The SMILES string of the molecule is CC1(C)C(/C=C/C=C/C=C/C=C2\N(CCCCS(=O)(=O)[O-])c3ccc4cc(S(=O)(=O)[O-])ccc4c3C2(C)C)=[N+](CCCCCC(=O)O)c2ccc3cc(S(=O)(=O)[O-])ccc3c21.[Na+].[Na+]. The molecule has 0 radical (unpaired) electrons. The zero-order valence-corrected chi connectivity index (χ0v) is 42.8. The van der Waals surface area contributed by atoms with Crippen molar-refractivity contribution in [2.75, 3.05) is 23.7 Å². The molecule has 0 amide bonds. The normalized spacial score (nSPS) is 16.7. The van der Waals surface area contributed by atoms with E-state index in [4.69, 9.17) is 5.11 Å². The molecule has 324 valence electrons. The van der Waals surface area contributed by atoms with Gasteiger partial charge in [0.1, 0.15) is 26.8 Å². The van der Waals surface area contributed by atoms with Gasteiger partial charge in [-0.1, -0.05) is 62.4 Å². The van der Waals surface area contributed by atoms with E-state index in [-0.39, 0.29) is 81.7 Å². The number of benzene rings is 4. The number of anilines is 1. The van der Waals surface area contributed by atoms with E-state index in [2.05, 4.69) is 23.3 Å². The second kappa shape index (κ2) is 20.7. The van der Waals surface area contributed by atoms with Crippen LogP contribution in [0.3, 0.4) is 0 Å². The largest absolute Gasteiger partial charge is 1.00 e. The zero-order chi connectivity index (χ0) is 44.5. The minimum Gasteiger partial charge on any atom is -0.748 e. The molecule has 0 atom stereocenters. The van der Waals surface area contributed by atoms with E-state index in [0.29, 0.717) is 36.7 Å². The molecule has 18 heteroatoms. The molecule has 63 heavy (non-hydrogen) atoms. The molecule has 4 aromatic carbocycles. The van der Waals surface area contributed by atoms with Gasteiger partial charge < -0.3 is 23.7 Å². The Hall–Kier alpha value is -2.97. The van der Waals surface area contributed by atoms with Crippen molar-refractivity contribution in [3.8, 4) is 0 Å². The fourth-order valence-electron chi connectivity index (χ4n) is 8.69. The molecule has 0 bridgehead atoms. The zero-order valence-electron chi connectivity index (χ0n) is 36.3. The number of carboxylic acids is 1. The minimum atomic E-state index is -4.67. The van der Waals surface area contributed by atoms with Crippen molar-refractivity contribution in [3.05, 3.63) is 120 Å². The second-order valence-corrected chi connectivity index (χ2v) is 20.7. The van der Waals surface area contributed by atoms with E-state index in [1.165, 1.54) is 24.3 Å². The van der Waals surface area contributed by atoms with E-state index in [9.17, 15) is 43.7 Å². The first kappa shape index (κ1) is 52.7. The Morgan fingerprint density at radius 2 is 1.25 bits per heavy atom. The maximum Gasteiger partial charge on any atom is 1.00 e. The average Bonchev–Trinajstić information content (AvgIpc) is 3.52. The molecule has 0 aromatic heterocycles. The van der Waals surface area contributed by atoms with Crippen LogP contribution in [-0.2, 0) is 46.0 Å². The molecular weight excluding hydrogens is 887 g/mol. The van der Waals surface area contributed by atoms with E-state index in [1.54, 1.807) is 18.2 Å². The molecule has 0 fully saturated rings. The molecule has 2 heterocycles. The van der Waals surface area contributed by atoms with Gasteiger partial charge in [0, 0.05) is 59.6 Å². The maximum atomic E-state index is 11.8. The number of carboxylic acid groups (broad SMARTS) is 1. The van der Waals surface area contributed by atoms with Gasteiger partial charge in [-0.2, -0.15) is 4.58 Å². The number of allylic oxidation sites excluding steroid dienone is 8. The van der Waals surface area contributed by atoms with E-state index in [0.717, 1.165) is 57.5 Å². The van der Waals surface area contributed by atoms with Crippen LogP contribution in [0.4, 0.5) is 11.4 Å². The van der Waals surface area contributed by atoms with Crippen molar-refractivity contribution in [1.82, 2.24) is 0 Å². The molecule has 4 aromatic rings. The summed E-state index contributed by atoms with van der Waals surface area (Å²) >= 11 is 0. The number of hydrogen-bond donors (Lipinski definition) is 1. The quantitative estimate of drug-likeness (QED) is 0.0525. The number of carbonyl (C=O) groups is 1. The Bertz CT molecular complexity index is 2920. The standard InChI is InChI=1S/C45H50N2O11S3.2Na/c1-44(2)39(46(26-12-8-11-17-41(48)49)37-24-18-31-29-33(60(53,54)55)20-22-35(31)42(37)44)15-9-6-5-7-10-16-40-45(3,4)43-36-23-21-34(61(56,57)58)30-32(36)19-25-38(43)47(40)27-13-14-28-59(50,51)52;;/h5-7,9-10,15-16,18-25,29-30H,8,11-14,17,26-28H2,1-4H3,(H3-,48,49,50,51,52,53,54,55,56,57,58);;/q;2*+1/p-2. The van der Waals surface area contributed by atoms with E-state index in [1.807, 2.05) is 74.6 Å². The van der Waals surface area contributed by atoms with Gasteiger partial charge in [-0.3, -0.25) is 4.79 Å². The summed E-state index contributed by atoms with van der Waals surface area (Å²) in [5, 5.41) is 11.9. The van der Waals surface area contributed by atoms with Crippen molar-refractivity contribution >= 4 is 75.0 Å². The minimum absolute atomic E-state index is 0. The molecule has 0 aliphatic carbocycles. The van der Waals surface area contributed by atoms with Crippen LogP contribution in [0.5, 0.6) is 0 Å². The Morgan fingerprint density at radius 1 is 0.683 bits per heavy atom. The number of nitrogens with zero attached hydrogens (tertiary/aromatic N) is 2. The van der Waals surface area contributed by atoms with Crippen molar-refractivity contribution in [2.45, 2.75) is 86.8 Å². The Balaban J connectivity index is 0.00000436. The van der Waals surface area contributed by atoms with Gasteiger partial charge in [-0.25, -0.2) is 25.3 Å². The summed E-state index contributed by atoms with van der Waals surface area (Å²) in [6.45, 7) is 9.29. The summed E-state index contributed by atoms with van der Waals surface area (Å²) in [7, 11) is -13.7. The predicted octanol–water partition coefficient (Wildman–Crippen LogP) is 1.51. The summed E-state index contributed by atoms with van der Waals surface area (Å²) < 4.78 is 107. The predicted molar refractivity (Wildman–Crippen MR) is 232 cm³/mol. The number of rotatable bonds is 17. The van der Waals surface area contributed by atoms with Crippen molar-refractivity contribution < 1.29 is 113 Å². The van der Waals surface area contributed by atoms with Crippen molar-refractivity contribution in [1.29, 1.82) is 0 Å². The topological polar surface area (TPSA) is 215 Å². The fraction of sp³-hybridized carbons (Fsp3) is 0.333. The number of aliphatic carboxylic acids is 1. The van der Waals surface area contributed by atoms with Crippen LogP contribution in [0.2, 0.25) is 0 Å². The third kappa shape index (κ3) is 11.9. The summed E-state index contributed by atoms with van der Waals surface area (Å²) in [6.07, 6.45) is 16.2. The van der Waals surface area contributed by atoms with Gasteiger partial charge in [-0.05, 0) is 109 Å². The monoisotopic (exact) mass is 934 g/mol. The number of unbranched alkanes of at least 4 members (excludes halogenated alkanes) is 3. The summed E-state index contributed by atoms with van der Waals surface area (Å²) in [5.74, 6) is -1.31. The summed E-state index contributed by atoms with van der Waals surface area (Å²) in [5.41, 5.74) is 4.47. The first-order valence-electron chi connectivity index (χ1n) is 19.9. The van der Waals surface area contributed by atoms with Crippen LogP contribution in [0.25, 0.3) is 21.5 Å². The Labute approximate surface area is 414 Å². The smallest absolute Gasteiger partial charge is 0.748 e. The van der Waals surface area contributed by atoms with Gasteiger partial charge in [0.25, 0.3) is 0 Å². The summed E-state index contributed by atoms with van der Waals surface area (Å²) in [6, 6.07) is 16.1. The van der Waals surface area contributed by atoms with Gasteiger partial charge in [0.2, 0.25) is 5.69 Å². The third-order valence-corrected chi connectivity index (χ3v) is 13.9. The molecule has 2 aliphatic heterocycles. The van der Waals surface area contributed by atoms with Gasteiger partial charge >= 0.3 is 65.1 Å². The van der Waals surface area contributed by atoms with Crippen LogP contribution < -0.4 is 64.0 Å². The van der Waals surface area contributed by atoms with Crippen LogP contribution in [-0.4, -0.2) is 79.1 Å². The van der Waals surface area contributed by atoms with Crippen LogP contribution in [0, 0.1) is 0 Å². The van der Waals surface area contributed by atoms with Gasteiger partial charge in [0.15, 0.2) is 5.71 Å². The molecule has 1 N–H and O–H groups in total. The average molecular weight is 935 g/mol. The molecular formula is C45H48N2Na2O11S3. The first-order valence-corrected chi connectivity index (χ1v) is 24.3. The third-order valence-electron chi connectivity index (χ3n) is 11.5. The number of fused-ring (bicyclic) bond motifs is 6. The second-order valence-electron chi connectivity index (χ2n) is 16.4. The molecule has 0 saturated heterocycles. The Kier molecular flexibility index (Phi) is 17.3. The van der Waals surface area contributed by atoms with E-state index < -0.39 is 52.9 Å². The van der Waals surface area contributed by atoms with Crippen LogP contribution in [0.15, 0.2) is 119 Å². The van der Waals surface area contributed by atoms with E-state index >= 15 is 0 Å². The van der Waals surface area contributed by atoms with Crippen LogP contribution >= 0.6 is 0 Å². The van der Waals surface area contributed by atoms with Gasteiger partial charge in [-0.15, -0.1) is 0 Å². The van der Waals surface area contributed by atoms with Crippen molar-refractivity contribution in [3.63, 3.8) is 0 Å². The first-order chi connectivity index (χ1) is 28.5. The van der Waals surface area contributed by atoms with Crippen LogP contribution in [0.1, 0.15) is 77.3 Å². The molecule has 13 nitrogen and oxygen atoms in total. The molecule has 0 spiro atoms. The maximum absolute atomic E-state index is 11.8.